The molecule has 1 spiro atoms. The Bertz CT molecular complexity index is 2970. The molecule has 1 atom stereocenters. The summed E-state index contributed by atoms with van der Waals surface area (Å²) in [5, 5.41) is 10.0. The summed E-state index contributed by atoms with van der Waals surface area (Å²) in [7, 11) is 0. The summed E-state index contributed by atoms with van der Waals surface area (Å²) in [5.41, 5.74) is 20.6. The van der Waals surface area contributed by atoms with Crippen molar-refractivity contribution in [3.05, 3.63) is 228 Å². The molecule has 56 heavy (non-hydrogen) atoms. The predicted molar refractivity (Wildman–Crippen MR) is 235 cm³/mol. The molecular formula is C54H38N2. The van der Waals surface area contributed by atoms with E-state index >= 15 is 0 Å². The Morgan fingerprint density at radius 3 is 1.79 bits per heavy atom. The van der Waals surface area contributed by atoms with Gasteiger partial charge in [-0.1, -0.05) is 158 Å². The quantitative estimate of drug-likeness (QED) is 0.179. The number of nitrogens with one attached hydrogen (secondary N) is 2. The van der Waals surface area contributed by atoms with E-state index in [2.05, 4.69) is 218 Å². The van der Waals surface area contributed by atoms with Crippen LogP contribution in [0.3, 0.4) is 0 Å². The summed E-state index contributed by atoms with van der Waals surface area (Å²) in [6.45, 7) is 2.20. The van der Waals surface area contributed by atoms with Crippen molar-refractivity contribution in [2.75, 3.05) is 10.6 Å². The first-order valence-electron chi connectivity index (χ1n) is 19.4. The monoisotopic (exact) mass is 714 g/mol. The molecular weight excluding hydrogens is 677 g/mol. The Hall–Kier alpha value is -7.16. The van der Waals surface area contributed by atoms with Crippen molar-refractivity contribution in [1.82, 2.24) is 0 Å². The van der Waals surface area contributed by atoms with E-state index in [9.17, 15) is 0 Å². The number of benzene rings is 9. The lowest BCUT2D eigenvalue weighted by Gasteiger charge is -2.30. The van der Waals surface area contributed by atoms with Crippen molar-refractivity contribution in [2.45, 2.75) is 12.3 Å². The molecule has 2 heteroatoms. The highest BCUT2D eigenvalue weighted by molar-refractivity contribution is 6.00. The molecule has 2 aliphatic carbocycles. The molecule has 0 heterocycles. The first-order valence-corrected chi connectivity index (χ1v) is 19.4. The third-order valence-electron chi connectivity index (χ3n) is 12.0. The number of anilines is 4. The molecule has 0 bridgehead atoms. The third kappa shape index (κ3) is 4.89. The minimum absolute atomic E-state index is 0.423. The summed E-state index contributed by atoms with van der Waals surface area (Å²) in [4.78, 5) is 0. The summed E-state index contributed by atoms with van der Waals surface area (Å²) in [5.74, 6) is 0. The minimum atomic E-state index is -0.423. The summed E-state index contributed by atoms with van der Waals surface area (Å²) < 4.78 is 0. The molecule has 0 fully saturated rings. The van der Waals surface area contributed by atoms with Crippen LogP contribution < -0.4 is 10.6 Å². The van der Waals surface area contributed by atoms with Gasteiger partial charge in [-0.3, -0.25) is 0 Å². The second-order valence-corrected chi connectivity index (χ2v) is 15.1. The Morgan fingerprint density at radius 1 is 0.357 bits per heavy atom. The van der Waals surface area contributed by atoms with Crippen LogP contribution in [0.5, 0.6) is 0 Å². The first kappa shape index (κ1) is 32.3. The lowest BCUT2D eigenvalue weighted by molar-refractivity contribution is 0.794. The predicted octanol–water partition coefficient (Wildman–Crippen LogP) is 14.3. The maximum Gasteiger partial charge on any atom is 0.0726 e. The molecule has 0 aromatic heterocycles. The highest BCUT2D eigenvalue weighted by Gasteiger charge is 2.52. The van der Waals surface area contributed by atoms with Gasteiger partial charge in [-0.05, 0) is 122 Å². The molecule has 0 amide bonds. The van der Waals surface area contributed by atoms with Crippen molar-refractivity contribution in [2.24, 2.45) is 0 Å². The molecule has 0 saturated heterocycles. The lowest BCUT2D eigenvalue weighted by Crippen LogP contribution is -2.25. The van der Waals surface area contributed by atoms with E-state index in [4.69, 9.17) is 0 Å². The first-order chi connectivity index (χ1) is 27.7. The minimum Gasteiger partial charge on any atom is -0.355 e. The average molecular weight is 715 g/mol. The summed E-state index contributed by atoms with van der Waals surface area (Å²) in [6, 6.07) is 73.1. The van der Waals surface area contributed by atoms with E-state index in [-0.39, 0.29) is 0 Å². The van der Waals surface area contributed by atoms with Gasteiger partial charge in [0.1, 0.15) is 0 Å². The van der Waals surface area contributed by atoms with Crippen molar-refractivity contribution in [3.8, 4) is 44.5 Å². The zero-order chi connectivity index (χ0) is 37.2. The molecule has 0 radical (unpaired) electrons. The maximum atomic E-state index is 3.84. The van der Waals surface area contributed by atoms with Crippen LogP contribution in [0.1, 0.15) is 27.8 Å². The Kier molecular flexibility index (Phi) is 7.33. The van der Waals surface area contributed by atoms with Crippen LogP contribution >= 0.6 is 0 Å². The summed E-state index contributed by atoms with van der Waals surface area (Å²) in [6.07, 6.45) is 0. The van der Waals surface area contributed by atoms with Crippen LogP contribution in [-0.2, 0) is 5.41 Å². The average Bonchev–Trinajstić information content (AvgIpc) is 3.73. The van der Waals surface area contributed by atoms with Gasteiger partial charge >= 0.3 is 0 Å². The molecule has 2 aliphatic rings. The fourth-order valence-electron chi connectivity index (χ4n) is 9.47. The van der Waals surface area contributed by atoms with E-state index in [0.717, 1.165) is 22.7 Å². The number of hydrogen-bond donors (Lipinski definition) is 2. The van der Waals surface area contributed by atoms with E-state index < -0.39 is 5.41 Å². The van der Waals surface area contributed by atoms with Gasteiger partial charge in [-0.15, -0.1) is 0 Å². The van der Waals surface area contributed by atoms with E-state index in [0.29, 0.717) is 0 Å². The van der Waals surface area contributed by atoms with E-state index in [1.54, 1.807) is 0 Å². The topological polar surface area (TPSA) is 24.1 Å². The van der Waals surface area contributed by atoms with Crippen molar-refractivity contribution in [1.29, 1.82) is 0 Å². The molecule has 2 nitrogen and oxygen atoms in total. The second-order valence-electron chi connectivity index (χ2n) is 15.1. The molecule has 11 rings (SSSR count). The normalized spacial score (nSPS) is 14.6. The fraction of sp³-hybridized carbons (Fsp3) is 0.0370. The number of aryl methyl sites for hydroxylation is 1. The molecule has 0 saturated carbocycles. The molecule has 2 N–H and O–H groups in total. The van der Waals surface area contributed by atoms with Crippen molar-refractivity contribution in [3.63, 3.8) is 0 Å². The molecule has 9 aromatic rings. The Balaban J connectivity index is 0.999. The maximum absolute atomic E-state index is 3.84. The highest BCUT2D eigenvalue weighted by Crippen LogP contribution is 2.64. The zero-order valence-corrected chi connectivity index (χ0v) is 31.1. The highest BCUT2D eigenvalue weighted by atomic mass is 14.9. The van der Waals surface area contributed by atoms with Gasteiger partial charge in [-0.2, -0.15) is 0 Å². The van der Waals surface area contributed by atoms with Gasteiger partial charge in [0.15, 0.2) is 0 Å². The van der Waals surface area contributed by atoms with Crippen LogP contribution in [0.25, 0.3) is 55.3 Å². The standard InChI is InChI=1S/C54H38N2/c1-35-33-39(28-32-50(35)56-51-23-11-16-38-15-5-6-17-42(38)51)40-27-31-48-45(34-40)43-18-7-9-20-46(43)54(48)47-21-10-8-19-44(47)53-49(54)22-12-24-52(53)55-41-29-25-37(26-30-41)36-13-3-2-4-14-36/h2-34,55-56H,1H3. The van der Waals surface area contributed by atoms with Gasteiger partial charge in [0.25, 0.3) is 0 Å². The van der Waals surface area contributed by atoms with Gasteiger partial charge < -0.3 is 10.6 Å². The van der Waals surface area contributed by atoms with Gasteiger partial charge in [0.05, 0.1) is 5.41 Å². The summed E-state index contributed by atoms with van der Waals surface area (Å²) >= 11 is 0. The number of fused-ring (bicyclic) bond motifs is 11. The van der Waals surface area contributed by atoms with Crippen LogP contribution in [0.4, 0.5) is 22.7 Å². The second kappa shape index (κ2) is 12.7. The van der Waals surface area contributed by atoms with Gasteiger partial charge in [0.2, 0.25) is 0 Å². The Morgan fingerprint density at radius 2 is 0.946 bits per heavy atom. The molecule has 264 valence electrons. The number of rotatable bonds is 6. The Labute approximate surface area is 327 Å². The van der Waals surface area contributed by atoms with Crippen LogP contribution in [0.15, 0.2) is 200 Å². The van der Waals surface area contributed by atoms with Gasteiger partial charge in [-0.25, -0.2) is 0 Å². The largest absolute Gasteiger partial charge is 0.355 e. The smallest absolute Gasteiger partial charge is 0.0726 e. The van der Waals surface area contributed by atoms with Crippen LogP contribution in [0.2, 0.25) is 0 Å². The van der Waals surface area contributed by atoms with Gasteiger partial charge in [0, 0.05) is 33.7 Å². The third-order valence-corrected chi connectivity index (χ3v) is 12.0. The zero-order valence-electron chi connectivity index (χ0n) is 31.1. The van der Waals surface area contributed by atoms with Crippen LogP contribution in [-0.4, -0.2) is 0 Å². The lowest BCUT2D eigenvalue weighted by atomic mass is 9.70. The van der Waals surface area contributed by atoms with Crippen molar-refractivity contribution >= 4 is 33.5 Å². The number of hydrogen-bond acceptors (Lipinski definition) is 2. The fourth-order valence-corrected chi connectivity index (χ4v) is 9.47. The molecule has 1 unspecified atom stereocenters. The van der Waals surface area contributed by atoms with Crippen LogP contribution in [0, 0.1) is 6.92 Å². The molecule has 9 aromatic carbocycles. The van der Waals surface area contributed by atoms with Crippen molar-refractivity contribution < 1.29 is 0 Å². The SMILES string of the molecule is Cc1cc(-c2ccc3c(c2)-c2ccccc2C32c3ccccc3-c3c(Nc4ccc(-c5ccccc5)cc4)cccc32)ccc1Nc1cccc2ccccc12. The molecule has 0 aliphatic heterocycles. The van der Waals surface area contributed by atoms with E-state index in [1.165, 1.54) is 83.1 Å². The van der Waals surface area contributed by atoms with E-state index in [1.807, 2.05) is 0 Å².